The summed E-state index contributed by atoms with van der Waals surface area (Å²) in [5.41, 5.74) is 0.933. The van der Waals surface area contributed by atoms with Crippen LogP contribution in [0.2, 0.25) is 0 Å². The Hall–Kier alpha value is -0.870. The molecule has 0 spiro atoms. The number of aliphatic hydroxyl groups excluding tert-OH is 1. The molecule has 0 fully saturated rings. The molecule has 0 aliphatic carbocycles. The molecule has 1 rings (SSSR count). The lowest BCUT2D eigenvalue weighted by atomic mass is 10.3. The fourth-order valence-electron chi connectivity index (χ4n) is 1.25. The Morgan fingerprint density at radius 2 is 2.38 bits per heavy atom. The van der Waals surface area contributed by atoms with Gasteiger partial charge in [0.25, 0.3) is 0 Å². The van der Waals surface area contributed by atoms with Crippen LogP contribution in [-0.4, -0.2) is 34.7 Å². The van der Waals surface area contributed by atoms with Gasteiger partial charge in [-0.1, -0.05) is 0 Å². The van der Waals surface area contributed by atoms with Gasteiger partial charge in [-0.15, -0.1) is 0 Å². The second-order valence-corrected chi connectivity index (χ2v) is 3.40. The molecule has 1 aromatic heterocycles. The van der Waals surface area contributed by atoms with E-state index < -0.39 is 0 Å². The standard InChI is InChI=1S/C9H16N2O2/c1-7(12)4-11(3)5-9-8(2)13-6-10-9/h6-7,12H,4-5H2,1-3H3. The third kappa shape index (κ3) is 3.16. The van der Waals surface area contributed by atoms with E-state index >= 15 is 0 Å². The van der Waals surface area contributed by atoms with Crippen molar-refractivity contribution in [2.24, 2.45) is 0 Å². The molecule has 1 unspecified atom stereocenters. The van der Waals surface area contributed by atoms with E-state index in [0.717, 1.165) is 11.5 Å². The molecule has 74 valence electrons. The average molecular weight is 184 g/mol. The zero-order valence-corrected chi connectivity index (χ0v) is 8.32. The fraction of sp³-hybridized carbons (Fsp3) is 0.667. The molecule has 0 aliphatic rings. The SMILES string of the molecule is Cc1ocnc1CN(C)CC(C)O. The van der Waals surface area contributed by atoms with Gasteiger partial charge < -0.3 is 9.52 Å². The summed E-state index contributed by atoms with van der Waals surface area (Å²) in [7, 11) is 1.95. The molecule has 0 saturated carbocycles. The van der Waals surface area contributed by atoms with Crippen molar-refractivity contribution in [3.8, 4) is 0 Å². The highest BCUT2D eigenvalue weighted by molar-refractivity contribution is 5.04. The van der Waals surface area contributed by atoms with Gasteiger partial charge in [0.15, 0.2) is 6.39 Å². The second kappa shape index (κ2) is 4.39. The summed E-state index contributed by atoms with van der Waals surface area (Å²) in [5.74, 6) is 0.845. The van der Waals surface area contributed by atoms with Crippen molar-refractivity contribution in [2.75, 3.05) is 13.6 Å². The van der Waals surface area contributed by atoms with E-state index in [4.69, 9.17) is 9.52 Å². The first kappa shape index (κ1) is 10.2. The van der Waals surface area contributed by atoms with Crippen LogP contribution in [-0.2, 0) is 6.54 Å². The second-order valence-electron chi connectivity index (χ2n) is 3.40. The van der Waals surface area contributed by atoms with E-state index in [0.29, 0.717) is 13.1 Å². The molecule has 0 radical (unpaired) electrons. The number of hydrogen-bond donors (Lipinski definition) is 1. The largest absolute Gasteiger partial charge is 0.448 e. The molecule has 0 aromatic carbocycles. The highest BCUT2D eigenvalue weighted by atomic mass is 16.3. The van der Waals surface area contributed by atoms with Crippen LogP contribution in [0.3, 0.4) is 0 Å². The maximum atomic E-state index is 9.14. The summed E-state index contributed by atoms with van der Waals surface area (Å²) in [6.45, 7) is 5.02. The Bertz CT molecular complexity index is 258. The van der Waals surface area contributed by atoms with Gasteiger partial charge in [-0.3, -0.25) is 4.90 Å². The van der Waals surface area contributed by atoms with Crippen LogP contribution < -0.4 is 0 Å². The third-order valence-corrected chi connectivity index (χ3v) is 1.84. The van der Waals surface area contributed by atoms with Crippen molar-refractivity contribution < 1.29 is 9.52 Å². The first-order valence-electron chi connectivity index (χ1n) is 4.35. The average Bonchev–Trinajstić information content (AvgIpc) is 2.34. The maximum Gasteiger partial charge on any atom is 0.181 e. The van der Waals surface area contributed by atoms with Crippen LogP contribution in [0.25, 0.3) is 0 Å². The number of hydrogen-bond acceptors (Lipinski definition) is 4. The number of aryl methyl sites for hydroxylation is 1. The molecular weight excluding hydrogens is 168 g/mol. The highest BCUT2D eigenvalue weighted by Crippen LogP contribution is 2.07. The van der Waals surface area contributed by atoms with E-state index in [1.807, 2.05) is 18.9 Å². The van der Waals surface area contributed by atoms with Gasteiger partial charge in [0, 0.05) is 13.1 Å². The molecule has 1 atom stereocenters. The zero-order chi connectivity index (χ0) is 9.84. The van der Waals surface area contributed by atoms with Crippen LogP contribution in [0, 0.1) is 6.92 Å². The van der Waals surface area contributed by atoms with Crippen molar-refractivity contribution in [1.82, 2.24) is 9.88 Å². The minimum absolute atomic E-state index is 0.308. The van der Waals surface area contributed by atoms with E-state index in [9.17, 15) is 0 Å². The summed E-state index contributed by atoms with van der Waals surface area (Å²) in [5, 5.41) is 9.14. The maximum absolute atomic E-state index is 9.14. The van der Waals surface area contributed by atoms with E-state index in [-0.39, 0.29) is 6.10 Å². The topological polar surface area (TPSA) is 49.5 Å². The van der Waals surface area contributed by atoms with E-state index in [2.05, 4.69) is 4.98 Å². The lowest BCUT2D eigenvalue weighted by molar-refractivity contribution is 0.137. The Morgan fingerprint density at radius 3 is 2.85 bits per heavy atom. The minimum atomic E-state index is -0.308. The van der Waals surface area contributed by atoms with Gasteiger partial charge in [-0.05, 0) is 20.9 Å². The monoisotopic (exact) mass is 184 g/mol. The number of aromatic nitrogens is 1. The molecule has 1 N–H and O–H groups in total. The number of likely N-dealkylation sites (N-methyl/N-ethyl adjacent to an activating group) is 1. The van der Waals surface area contributed by atoms with E-state index in [1.165, 1.54) is 6.39 Å². The van der Waals surface area contributed by atoms with Gasteiger partial charge in [-0.25, -0.2) is 4.98 Å². The number of aliphatic hydroxyl groups is 1. The minimum Gasteiger partial charge on any atom is -0.448 e. The fourth-order valence-corrected chi connectivity index (χ4v) is 1.25. The molecule has 4 heteroatoms. The summed E-state index contributed by atoms with van der Waals surface area (Å²) in [4.78, 5) is 6.08. The summed E-state index contributed by atoms with van der Waals surface area (Å²) in [6.07, 6.45) is 1.14. The van der Waals surface area contributed by atoms with Crippen molar-refractivity contribution in [2.45, 2.75) is 26.5 Å². The van der Waals surface area contributed by atoms with Crippen molar-refractivity contribution in [1.29, 1.82) is 0 Å². The molecule has 1 heterocycles. The third-order valence-electron chi connectivity index (χ3n) is 1.84. The van der Waals surface area contributed by atoms with Crippen molar-refractivity contribution in [3.63, 3.8) is 0 Å². The molecule has 13 heavy (non-hydrogen) atoms. The molecule has 0 saturated heterocycles. The summed E-state index contributed by atoms with van der Waals surface area (Å²) >= 11 is 0. The molecule has 0 bridgehead atoms. The molecule has 0 aliphatic heterocycles. The van der Waals surface area contributed by atoms with Crippen molar-refractivity contribution >= 4 is 0 Å². The zero-order valence-electron chi connectivity index (χ0n) is 8.32. The van der Waals surface area contributed by atoms with Crippen molar-refractivity contribution in [3.05, 3.63) is 17.8 Å². The number of oxazole rings is 1. The van der Waals surface area contributed by atoms with Crippen LogP contribution in [0.15, 0.2) is 10.8 Å². The lowest BCUT2D eigenvalue weighted by Gasteiger charge is -2.16. The molecule has 1 aromatic rings. The predicted octanol–water partition coefficient (Wildman–Crippen LogP) is 0.796. The number of nitrogens with zero attached hydrogens (tertiary/aromatic N) is 2. The highest BCUT2D eigenvalue weighted by Gasteiger charge is 2.08. The lowest BCUT2D eigenvalue weighted by Crippen LogP contribution is -2.27. The Balaban J connectivity index is 2.45. The van der Waals surface area contributed by atoms with Gasteiger partial charge >= 0.3 is 0 Å². The quantitative estimate of drug-likeness (QED) is 0.751. The summed E-state index contributed by atoms with van der Waals surface area (Å²) < 4.78 is 5.07. The van der Waals surface area contributed by atoms with Crippen LogP contribution in [0.4, 0.5) is 0 Å². The number of rotatable bonds is 4. The van der Waals surface area contributed by atoms with Crippen LogP contribution in [0.1, 0.15) is 18.4 Å². The Kier molecular flexibility index (Phi) is 3.45. The normalized spacial score (nSPS) is 13.6. The molecule has 4 nitrogen and oxygen atoms in total. The summed E-state index contributed by atoms with van der Waals surface area (Å²) in [6, 6.07) is 0. The Morgan fingerprint density at radius 1 is 1.69 bits per heavy atom. The van der Waals surface area contributed by atoms with E-state index in [1.54, 1.807) is 6.92 Å². The molecular formula is C9H16N2O2. The first-order chi connectivity index (χ1) is 6.09. The van der Waals surface area contributed by atoms with Gasteiger partial charge in [-0.2, -0.15) is 0 Å². The van der Waals surface area contributed by atoms with Crippen LogP contribution >= 0.6 is 0 Å². The molecule has 0 amide bonds. The smallest absolute Gasteiger partial charge is 0.181 e. The predicted molar refractivity (Wildman–Crippen MR) is 49.3 cm³/mol. The van der Waals surface area contributed by atoms with Gasteiger partial charge in [0.2, 0.25) is 0 Å². The first-order valence-corrected chi connectivity index (χ1v) is 4.35. The van der Waals surface area contributed by atoms with Crippen LogP contribution in [0.5, 0.6) is 0 Å². The van der Waals surface area contributed by atoms with Gasteiger partial charge in [0.1, 0.15) is 5.76 Å². The Labute approximate surface area is 78.2 Å². The van der Waals surface area contributed by atoms with Gasteiger partial charge in [0.05, 0.1) is 11.8 Å².